The Morgan fingerprint density at radius 3 is 3.04 bits per heavy atom. The van der Waals surface area contributed by atoms with Crippen LogP contribution in [0.2, 0.25) is 0 Å². The van der Waals surface area contributed by atoms with Gasteiger partial charge in [0.25, 0.3) is 5.56 Å². The number of aryl methyl sites for hydroxylation is 1. The second-order valence-corrected chi connectivity index (χ2v) is 6.80. The number of fused-ring (bicyclic) bond motifs is 1. The van der Waals surface area contributed by atoms with Gasteiger partial charge in [0.15, 0.2) is 4.96 Å². The first-order valence-corrected chi connectivity index (χ1v) is 8.84. The highest BCUT2D eigenvalue weighted by molar-refractivity contribution is 7.15. The smallest absolute Gasteiger partial charge is 0.350 e. The van der Waals surface area contributed by atoms with Gasteiger partial charge in [-0.05, 0) is 28.8 Å². The van der Waals surface area contributed by atoms with Crippen LogP contribution < -0.4 is 5.56 Å². The van der Waals surface area contributed by atoms with Gasteiger partial charge in [0.1, 0.15) is 17.8 Å². The van der Waals surface area contributed by atoms with E-state index in [0.717, 1.165) is 5.69 Å². The minimum Gasteiger partial charge on any atom is -0.455 e. The van der Waals surface area contributed by atoms with Crippen LogP contribution in [0.4, 0.5) is 0 Å². The highest BCUT2D eigenvalue weighted by Crippen LogP contribution is 2.21. The molecule has 4 rings (SSSR count). The van der Waals surface area contributed by atoms with Gasteiger partial charge in [0.05, 0.1) is 11.4 Å². The first-order chi connectivity index (χ1) is 12.1. The molecule has 0 spiro atoms. The van der Waals surface area contributed by atoms with Crippen LogP contribution in [0.1, 0.15) is 21.1 Å². The Morgan fingerprint density at radius 1 is 1.36 bits per heavy atom. The van der Waals surface area contributed by atoms with Crippen molar-refractivity contribution in [1.82, 2.24) is 29.6 Å². The molecule has 0 aromatic carbocycles. The van der Waals surface area contributed by atoms with Crippen molar-refractivity contribution in [2.24, 2.45) is 0 Å². The van der Waals surface area contributed by atoms with Crippen LogP contribution in [-0.4, -0.2) is 35.6 Å². The summed E-state index contributed by atoms with van der Waals surface area (Å²) in [5.41, 5.74) is 1.57. The maximum Gasteiger partial charge on any atom is 0.350 e. The van der Waals surface area contributed by atoms with E-state index in [4.69, 9.17) is 4.74 Å². The van der Waals surface area contributed by atoms with Crippen molar-refractivity contribution >= 4 is 33.6 Å². The summed E-state index contributed by atoms with van der Waals surface area (Å²) in [4.78, 5) is 29.8. The van der Waals surface area contributed by atoms with Gasteiger partial charge >= 0.3 is 5.97 Å². The zero-order chi connectivity index (χ0) is 17.4. The minimum absolute atomic E-state index is 0.0888. The van der Waals surface area contributed by atoms with Gasteiger partial charge in [-0.2, -0.15) is 4.68 Å². The van der Waals surface area contributed by atoms with Gasteiger partial charge in [0.2, 0.25) is 0 Å². The molecule has 0 amide bonds. The molecule has 4 aromatic heterocycles. The summed E-state index contributed by atoms with van der Waals surface area (Å²) in [6, 6.07) is 3.10. The summed E-state index contributed by atoms with van der Waals surface area (Å²) < 4.78 is 8.21. The molecule has 0 saturated heterocycles. The molecule has 11 heteroatoms. The molecule has 0 radical (unpaired) electrons. The van der Waals surface area contributed by atoms with Crippen LogP contribution in [0.5, 0.6) is 0 Å². The Bertz CT molecular complexity index is 1110. The zero-order valence-electron chi connectivity index (χ0n) is 12.8. The van der Waals surface area contributed by atoms with E-state index in [1.807, 2.05) is 12.3 Å². The van der Waals surface area contributed by atoms with Crippen molar-refractivity contribution in [2.75, 3.05) is 0 Å². The standard InChI is InChI=1S/C14H10N6O3S2/c1-8-6-25-14-16-9(4-11(21)20(8)14)5-23-13(22)12-10(2-3-24-12)19-7-15-17-18-19/h2-4,6-7H,5H2,1H3. The van der Waals surface area contributed by atoms with Crippen LogP contribution in [0.3, 0.4) is 0 Å². The van der Waals surface area contributed by atoms with Gasteiger partial charge in [-0.1, -0.05) is 0 Å². The van der Waals surface area contributed by atoms with E-state index >= 15 is 0 Å². The maximum atomic E-state index is 12.3. The van der Waals surface area contributed by atoms with Crippen molar-refractivity contribution in [1.29, 1.82) is 0 Å². The third-order valence-corrected chi connectivity index (χ3v) is 5.23. The molecule has 0 aliphatic carbocycles. The van der Waals surface area contributed by atoms with Gasteiger partial charge in [-0.3, -0.25) is 9.20 Å². The summed E-state index contributed by atoms with van der Waals surface area (Å²) in [6.07, 6.45) is 1.40. The number of rotatable bonds is 4. The molecule has 0 aliphatic rings. The van der Waals surface area contributed by atoms with E-state index in [-0.39, 0.29) is 12.2 Å². The number of hydrogen-bond acceptors (Lipinski definition) is 9. The number of ether oxygens (including phenoxy) is 1. The molecule has 0 N–H and O–H groups in total. The Balaban J connectivity index is 1.55. The van der Waals surface area contributed by atoms with E-state index in [9.17, 15) is 9.59 Å². The van der Waals surface area contributed by atoms with E-state index in [1.54, 1.807) is 11.4 Å². The molecule has 0 saturated carbocycles. The fourth-order valence-corrected chi connectivity index (χ4v) is 3.95. The van der Waals surface area contributed by atoms with Crippen molar-refractivity contribution < 1.29 is 9.53 Å². The number of esters is 1. The molecule has 0 aliphatic heterocycles. The van der Waals surface area contributed by atoms with Gasteiger partial charge in [-0.25, -0.2) is 9.78 Å². The minimum atomic E-state index is -0.523. The number of carbonyl (C=O) groups excluding carboxylic acids is 1. The van der Waals surface area contributed by atoms with E-state index in [0.29, 0.717) is 21.2 Å². The number of thiophene rings is 1. The highest BCUT2D eigenvalue weighted by atomic mass is 32.1. The Kier molecular flexibility index (Phi) is 3.86. The summed E-state index contributed by atoms with van der Waals surface area (Å²) in [6.45, 7) is 1.75. The molecule has 4 heterocycles. The number of carbonyl (C=O) groups is 1. The zero-order valence-corrected chi connectivity index (χ0v) is 14.5. The van der Waals surface area contributed by atoms with Crippen LogP contribution in [0, 0.1) is 6.92 Å². The summed E-state index contributed by atoms with van der Waals surface area (Å²) in [7, 11) is 0. The first kappa shape index (κ1) is 15.6. The van der Waals surface area contributed by atoms with Gasteiger partial charge < -0.3 is 4.74 Å². The van der Waals surface area contributed by atoms with Gasteiger partial charge in [0, 0.05) is 17.1 Å². The number of nitrogens with zero attached hydrogens (tertiary/aromatic N) is 6. The fraction of sp³-hybridized carbons (Fsp3) is 0.143. The van der Waals surface area contributed by atoms with Crippen molar-refractivity contribution in [3.63, 3.8) is 0 Å². The average molecular weight is 374 g/mol. The molecule has 0 bridgehead atoms. The molecule has 25 heavy (non-hydrogen) atoms. The molecule has 0 fully saturated rings. The SMILES string of the molecule is Cc1csc2nc(COC(=O)c3sccc3-n3cnnn3)cc(=O)n12. The average Bonchev–Trinajstić information content (AvgIpc) is 3.32. The Hall–Kier alpha value is -2.92. The lowest BCUT2D eigenvalue weighted by Crippen LogP contribution is -2.16. The molecule has 4 aromatic rings. The molecule has 126 valence electrons. The van der Waals surface area contributed by atoms with Crippen molar-refractivity contribution in [2.45, 2.75) is 13.5 Å². The number of aromatic nitrogens is 6. The Labute approximate surface area is 148 Å². The summed E-state index contributed by atoms with van der Waals surface area (Å²) in [5.74, 6) is -0.523. The van der Waals surface area contributed by atoms with E-state index in [2.05, 4.69) is 20.5 Å². The van der Waals surface area contributed by atoms with Gasteiger partial charge in [-0.15, -0.1) is 27.8 Å². The molecule has 0 unspecified atom stereocenters. The predicted molar refractivity (Wildman–Crippen MR) is 90.2 cm³/mol. The third-order valence-electron chi connectivity index (χ3n) is 3.41. The molecular formula is C14H10N6O3S2. The molecule has 0 atom stereocenters. The Morgan fingerprint density at radius 2 is 2.24 bits per heavy atom. The second kappa shape index (κ2) is 6.18. The maximum absolute atomic E-state index is 12.3. The van der Waals surface area contributed by atoms with Crippen molar-refractivity contribution in [3.05, 3.63) is 55.8 Å². The topological polar surface area (TPSA) is 104 Å². The number of hydrogen-bond donors (Lipinski definition) is 0. The highest BCUT2D eigenvalue weighted by Gasteiger charge is 2.18. The lowest BCUT2D eigenvalue weighted by molar-refractivity contribution is 0.0473. The summed E-state index contributed by atoms with van der Waals surface area (Å²) in [5, 5.41) is 14.5. The van der Waals surface area contributed by atoms with Crippen LogP contribution >= 0.6 is 22.7 Å². The van der Waals surface area contributed by atoms with E-state index < -0.39 is 5.97 Å². The van der Waals surface area contributed by atoms with Crippen LogP contribution in [0.25, 0.3) is 10.6 Å². The monoisotopic (exact) mass is 374 g/mol. The quantitative estimate of drug-likeness (QED) is 0.498. The lowest BCUT2D eigenvalue weighted by Gasteiger charge is -2.05. The second-order valence-electron chi connectivity index (χ2n) is 5.05. The van der Waals surface area contributed by atoms with Crippen molar-refractivity contribution in [3.8, 4) is 5.69 Å². The lowest BCUT2D eigenvalue weighted by atomic mass is 10.4. The first-order valence-electron chi connectivity index (χ1n) is 7.08. The number of tetrazole rings is 1. The molecule has 9 nitrogen and oxygen atoms in total. The normalized spacial score (nSPS) is 11.1. The summed E-state index contributed by atoms with van der Waals surface area (Å²) >= 11 is 2.59. The fourth-order valence-electron chi connectivity index (χ4n) is 2.29. The predicted octanol–water partition coefficient (Wildman–Crippen LogP) is 1.46. The number of thiazole rings is 1. The largest absolute Gasteiger partial charge is 0.455 e. The molecular weight excluding hydrogens is 364 g/mol. The van der Waals surface area contributed by atoms with E-state index in [1.165, 1.54) is 44.1 Å². The van der Waals surface area contributed by atoms with Crippen LogP contribution in [0.15, 0.2) is 34.0 Å². The third kappa shape index (κ3) is 2.83. The van der Waals surface area contributed by atoms with Crippen LogP contribution in [-0.2, 0) is 11.3 Å².